The third-order valence-corrected chi connectivity index (χ3v) is 13.6. The van der Waals surface area contributed by atoms with Gasteiger partial charge in [-0.3, -0.25) is 19.6 Å². The summed E-state index contributed by atoms with van der Waals surface area (Å²) < 4.78 is 0. The summed E-state index contributed by atoms with van der Waals surface area (Å²) >= 11 is 0. The van der Waals surface area contributed by atoms with E-state index in [-0.39, 0.29) is 62.6 Å². The monoisotopic (exact) mass is 526 g/mol. The number of amides is 2. The van der Waals surface area contributed by atoms with Crippen LogP contribution in [0.4, 0.5) is 0 Å². The molecule has 1 unspecified atom stereocenters. The fourth-order valence-corrected chi connectivity index (χ4v) is 11.0. The number of hydrogen-bond acceptors (Lipinski definition) is 4. The first-order valence-corrected chi connectivity index (χ1v) is 15.0. The predicted octanol–water partition coefficient (Wildman–Crippen LogP) is 5.98. The van der Waals surface area contributed by atoms with Crippen molar-refractivity contribution in [3.63, 3.8) is 0 Å². The Balaban J connectivity index is 1.57. The van der Waals surface area contributed by atoms with Crippen molar-refractivity contribution in [2.45, 2.75) is 119 Å². The number of carbonyl (C=O) groups excluding carboxylic acids is 3. The zero-order valence-corrected chi connectivity index (χ0v) is 24.9. The second-order valence-corrected chi connectivity index (χ2v) is 15.8. The van der Waals surface area contributed by atoms with Crippen molar-refractivity contribution >= 4 is 17.6 Å². The number of carbonyl (C=O) groups is 3. The summed E-state index contributed by atoms with van der Waals surface area (Å²) in [7, 11) is 0. The van der Waals surface area contributed by atoms with Crippen LogP contribution in [0, 0.1) is 50.2 Å². The molecule has 0 heterocycles. The zero-order valence-electron chi connectivity index (χ0n) is 24.9. The summed E-state index contributed by atoms with van der Waals surface area (Å²) in [5, 5.41) is 12.7. The number of fused-ring (bicyclic) bond motifs is 7. The third kappa shape index (κ3) is 3.50. The standard InChI is InChI=1S/C32H50N2O4/c1-19(35)33-24-10-11-30(6)23(27(24,2)3)9-12-32(8)25(30)22(36)17-20-21-18-29(5,26(37)34-38)14-13-28(21,4)15-16-31(20,32)7/h17,21,23-25,38H,9-16,18H2,1-8H3,(H,33,35)(H,34,37)/t21-,23?,24-,25-,28-,29+,30+,31-,32-/m1/s1. The first kappa shape index (κ1) is 27.9. The van der Waals surface area contributed by atoms with Gasteiger partial charge in [-0.2, -0.15) is 0 Å². The van der Waals surface area contributed by atoms with Crippen LogP contribution in [0.3, 0.4) is 0 Å². The quantitative estimate of drug-likeness (QED) is 0.305. The van der Waals surface area contributed by atoms with Crippen LogP contribution in [0.2, 0.25) is 0 Å². The Labute approximate surface area is 229 Å². The molecule has 0 aromatic rings. The molecule has 6 nitrogen and oxygen atoms in total. The zero-order chi connectivity index (χ0) is 28.1. The molecule has 0 aliphatic heterocycles. The van der Waals surface area contributed by atoms with Crippen LogP contribution >= 0.6 is 0 Å². The molecule has 0 spiro atoms. The van der Waals surface area contributed by atoms with Crippen molar-refractivity contribution in [2.24, 2.45) is 50.2 Å². The molecule has 3 N–H and O–H groups in total. The van der Waals surface area contributed by atoms with Crippen molar-refractivity contribution in [3.8, 4) is 0 Å². The van der Waals surface area contributed by atoms with E-state index in [0.717, 1.165) is 51.4 Å². The van der Waals surface area contributed by atoms with E-state index in [9.17, 15) is 19.6 Å². The Morgan fingerprint density at radius 1 is 0.921 bits per heavy atom. The van der Waals surface area contributed by atoms with Gasteiger partial charge in [-0.1, -0.05) is 54.0 Å². The topological polar surface area (TPSA) is 95.5 Å². The van der Waals surface area contributed by atoms with E-state index in [2.05, 4.69) is 46.9 Å². The highest BCUT2D eigenvalue weighted by molar-refractivity contribution is 5.95. The maximum atomic E-state index is 14.4. The van der Waals surface area contributed by atoms with Crippen molar-refractivity contribution < 1.29 is 19.6 Å². The number of allylic oxidation sites excluding steroid dienone is 2. The van der Waals surface area contributed by atoms with E-state index in [1.54, 1.807) is 6.92 Å². The normalized spacial score (nSPS) is 49.4. The Kier molecular flexibility index (Phi) is 6.16. The lowest BCUT2D eigenvalue weighted by Crippen LogP contribution is -2.67. The Hall–Kier alpha value is -1.69. The molecule has 2 amide bonds. The molecular formula is C32H50N2O4. The van der Waals surface area contributed by atoms with Crippen LogP contribution in [0.25, 0.3) is 0 Å². The molecule has 0 saturated heterocycles. The molecule has 0 aromatic carbocycles. The summed E-state index contributed by atoms with van der Waals surface area (Å²) in [4.78, 5) is 39.2. The van der Waals surface area contributed by atoms with E-state index in [4.69, 9.17) is 0 Å². The largest absolute Gasteiger partial charge is 0.353 e. The molecule has 0 bridgehead atoms. The fourth-order valence-electron chi connectivity index (χ4n) is 11.0. The summed E-state index contributed by atoms with van der Waals surface area (Å²) in [6.07, 6.45) is 10.5. The van der Waals surface area contributed by atoms with Gasteiger partial charge < -0.3 is 5.32 Å². The SMILES string of the molecule is CC(=O)N[C@@H]1CC[C@@]2(C)C(CC[C@]3(C)[C@@H]2C(=O)C=C2[C@H]4C[C@@](C)(C(=O)NO)CC[C@]4(C)CC[C@]23C)C1(C)C. The molecule has 0 radical (unpaired) electrons. The van der Waals surface area contributed by atoms with E-state index in [1.807, 2.05) is 18.5 Å². The van der Waals surface area contributed by atoms with E-state index in [0.29, 0.717) is 12.3 Å². The lowest BCUT2D eigenvalue weighted by atomic mass is 9.33. The lowest BCUT2D eigenvalue weighted by Gasteiger charge is -2.70. The average molecular weight is 527 g/mol. The molecule has 9 atom stereocenters. The molecule has 212 valence electrons. The van der Waals surface area contributed by atoms with Crippen LogP contribution in [-0.4, -0.2) is 28.8 Å². The second-order valence-electron chi connectivity index (χ2n) is 15.8. The molecule has 6 heteroatoms. The van der Waals surface area contributed by atoms with Crippen LogP contribution in [0.15, 0.2) is 11.6 Å². The van der Waals surface area contributed by atoms with Gasteiger partial charge in [-0.05, 0) is 103 Å². The highest BCUT2D eigenvalue weighted by Crippen LogP contribution is 2.75. The lowest BCUT2D eigenvalue weighted by molar-refractivity contribution is -0.189. The minimum atomic E-state index is -0.630. The minimum absolute atomic E-state index is 0.0285. The molecule has 5 aliphatic carbocycles. The molecule has 5 aliphatic rings. The van der Waals surface area contributed by atoms with Gasteiger partial charge in [-0.15, -0.1) is 0 Å². The van der Waals surface area contributed by atoms with Crippen LogP contribution in [-0.2, 0) is 14.4 Å². The summed E-state index contributed by atoms with van der Waals surface area (Å²) in [5.74, 6) is 0.493. The first-order valence-electron chi connectivity index (χ1n) is 15.0. The van der Waals surface area contributed by atoms with Gasteiger partial charge in [0, 0.05) is 24.3 Å². The molecule has 0 aromatic heterocycles. The molecular weight excluding hydrogens is 476 g/mol. The van der Waals surface area contributed by atoms with Gasteiger partial charge in [-0.25, -0.2) is 5.48 Å². The van der Waals surface area contributed by atoms with Crippen LogP contribution < -0.4 is 10.8 Å². The van der Waals surface area contributed by atoms with Crippen LogP contribution in [0.1, 0.15) is 113 Å². The Morgan fingerprint density at radius 2 is 1.58 bits per heavy atom. The number of ketones is 1. The summed E-state index contributed by atoms with van der Waals surface area (Å²) in [6, 6.07) is 0.135. The highest BCUT2D eigenvalue weighted by atomic mass is 16.5. The van der Waals surface area contributed by atoms with Crippen molar-refractivity contribution in [2.75, 3.05) is 0 Å². The van der Waals surface area contributed by atoms with E-state index < -0.39 is 5.41 Å². The third-order valence-electron chi connectivity index (χ3n) is 13.6. The highest BCUT2D eigenvalue weighted by Gasteiger charge is 2.70. The van der Waals surface area contributed by atoms with Crippen molar-refractivity contribution in [3.05, 3.63) is 11.6 Å². The smallest absolute Gasteiger partial charge is 0.249 e. The molecule has 5 rings (SSSR count). The van der Waals surface area contributed by atoms with Crippen LogP contribution in [0.5, 0.6) is 0 Å². The number of nitrogens with one attached hydrogen (secondary N) is 2. The van der Waals surface area contributed by atoms with Gasteiger partial charge in [0.1, 0.15) is 0 Å². The van der Waals surface area contributed by atoms with E-state index >= 15 is 0 Å². The van der Waals surface area contributed by atoms with Gasteiger partial charge in [0.15, 0.2) is 5.78 Å². The first-order chi connectivity index (χ1) is 17.5. The molecule has 4 fully saturated rings. The second kappa shape index (κ2) is 8.41. The van der Waals surface area contributed by atoms with Gasteiger partial charge in [0.2, 0.25) is 11.8 Å². The summed E-state index contributed by atoms with van der Waals surface area (Å²) in [6.45, 7) is 17.7. The van der Waals surface area contributed by atoms with E-state index in [1.165, 1.54) is 5.57 Å². The number of rotatable bonds is 2. The maximum Gasteiger partial charge on any atom is 0.249 e. The Bertz CT molecular complexity index is 1100. The minimum Gasteiger partial charge on any atom is -0.353 e. The van der Waals surface area contributed by atoms with Crippen molar-refractivity contribution in [1.29, 1.82) is 0 Å². The van der Waals surface area contributed by atoms with Gasteiger partial charge in [0.25, 0.3) is 0 Å². The maximum absolute atomic E-state index is 14.4. The average Bonchev–Trinajstić information content (AvgIpc) is 2.82. The molecule has 4 saturated carbocycles. The number of hydroxylamine groups is 1. The summed E-state index contributed by atoms with van der Waals surface area (Å²) in [5.41, 5.74) is 2.20. The van der Waals surface area contributed by atoms with Gasteiger partial charge >= 0.3 is 0 Å². The molecule has 38 heavy (non-hydrogen) atoms. The van der Waals surface area contributed by atoms with Gasteiger partial charge in [0.05, 0.1) is 0 Å². The predicted molar refractivity (Wildman–Crippen MR) is 147 cm³/mol. The fraction of sp³-hybridized carbons (Fsp3) is 0.844. The van der Waals surface area contributed by atoms with Crippen molar-refractivity contribution in [1.82, 2.24) is 10.8 Å². The Morgan fingerprint density at radius 3 is 2.21 bits per heavy atom. The number of hydrogen-bond donors (Lipinski definition) is 3.